The first kappa shape index (κ1) is 12.7. The highest BCUT2D eigenvalue weighted by atomic mass is 19.3. The molecule has 3 nitrogen and oxygen atoms in total. The van der Waals surface area contributed by atoms with Gasteiger partial charge in [0, 0.05) is 10.9 Å². The average molecular weight is 252 g/mol. The summed E-state index contributed by atoms with van der Waals surface area (Å²) in [5, 5.41) is 0.884. The van der Waals surface area contributed by atoms with Gasteiger partial charge in [-0.2, -0.15) is 0 Å². The summed E-state index contributed by atoms with van der Waals surface area (Å²) in [5.74, 6) is 0.352. The van der Waals surface area contributed by atoms with Crippen molar-refractivity contribution in [2.45, 2.75) is 18.9 Å². The van der Waals surface area contributed by atoms with Crippen LogP contribution in [0.4, 0.5) is 8.78 Å². The monoisotopic (exact) mass is 252 g/mol. The standard InChI is InChI=1S/C13H14F2N2O/c1-18-13-9(7-10(16)12(14)15)6-8-4-2-3-5-11(8)17-13/h2-6,10,12H,7,16H2,1H3. The Morgan fingerprint density at radius 3 is 2.72 bits per heavy atom. The third kappa shape index (κ3) is 2.56. The van der Waals surface area contributed by atoms with Crippen molar-refractivity contribution < 1.29 is 13.5 Å². The van der Waals surface area contributed by atoms with Gasteiger partial charge in [0.1, 0.15) is 0 Å². The lowest BCUT2D eigenvalue weighted by Crippen LogP contribution is -2.31. The average Bonchev–Trinajstić information content (AvgIpc) is 2.37. The van der Waals surface area contributed by atoms with Crippen molar-refractivity contribution >= 4 is 10.9 Å². The first-order chi connectivity index (χ1) is 8.61. The molecule has 0 aliphatic rings. The molecule has 1 unspecified atom stereocenters. The number of nitrogens with zero attached hydrogens (tertiary/aromatic N) is 1. The van der Waals surface area contributed by atoms with Crippen LogP contribution in [0.25, 0.3) is 10.9 Å². The van der Waals surface area contributed by atoms with E-state index < -0.39 is 12.5 Å². The molecule has 18 heavy (non-hydrogen) atoms. The minimum atomic E-state index is -2.55. The molecule has 1 aromatic heterocycles. The molecule has 96 valence electrons. The topological polar surface area (TPSA) is 48.1 Å². The number of rotatable bonds is 4. The summed E-state index contributed by atoms with van der Waals surface area (Å²) < 4.78 is 30.1. The Morgan fingerprint density at radius 2 is 2.06 bits per heavy atom. The van der Waals surface area contributed by atoms with Crippen LogP contribution in [0.3, 0.4) is 0 Å². The summed E-state index contributed by atoms with van der Waals surface area (Å²) in [6, 6.07) is 8.03. The van der Waals surface area contributed by atoms with Crippen LogP contribution in [0.1, 0.15) is 5.56 Å². The van der Waals surface area contributed by atoms with E-state index in [1.165, 1.54) is 7.11 Å². The highest BCUT2D eigenvalue weighted by Gasteiger charge is 2.18. The van der Waals surface area contributed by atoms with Crippen LogP contribution in [0, 0.1) is 0 Å². The lowest BCUT2D eigenvalue weighted by atomic mass is 10.1. The molecule has 2 N–H and O–H groups in total. The lowest BCUT2D eigenvalue weighted by molar-refractivity contribution is 0.115. The van der Waals surface area contributed by atoms with Gasteiger partial charge in [0.05, 0.1) is 18.7 Å². The van der Waals surface area contributed by atoms with Crippen LogP contribution >= 0.6 is 0 Å². The van der Waals surface area contributed by atoms with Gasteiger partial charge in [-0.15, -0.1) is 0 Å². The molecule has 5 heteroatoms. The highest BCUT2D eigenvalue weighted by Crippen LogP contribution is 2.23. The van der Waals surface area contributed by atoms with Crippen molar-refractivity contribution in [3.63, 3.8) is 0 Å². The summed E-state index contributed by atoms with van der Waals surface area (Å²) in [5.41, 5.74) is 6.75. The quantitative estimate of drug-likeness (QED) is 0.908. The zero-order valence-electron chi connectivity index (χ0n) is 9.94. The second kappa shape index (κ2) is 5.27. The Balaban J connectivity index is 2.41. The van der Waals surface area contributed by atoms with E-state index in [0.717, 1.165) is 10.9 Å². The molecular weight excluding hydrogens is 238 g/mol. The zero-order chi connectivity index (χ0) is 13.1. The Kier molecular flexibility index (Phi) is 3.72. The molecular formula is C13H14F2N2O. The Bertz CT molecular complexity index is 546. The van der Waals surface area contributed by atoms with E-state index in [9.17, 15) is 8.78 Å². The third-order valence-electron chi connectivity index (χ3n) is 2.74. The zero-order valence-corrected chi connectivity index (χ0v) is 9.94. The van der Waals surface area contributed by atoms with Crippen molar-refractivity contribution in [3.8, 4) is 5.88 Å². The number of alkyl halides is 2. The number of ether oxygens (including phenoxy) is 1. The number of aromatic nitrogens is 1. The SMILES string of the molecule is COc1nc2ccccc2cc1CC(N)C(F)F. The van der Waals surface area contributed by atoms with Gasteiger partial charge in [0.25, 0.3) is 6.43 Å². The fourth-order valence-corrected chi connectivity index (χ4v) is 1.81. The van der Waals surface area contributed by atoms with Crippen LogP contribution in [0.15, 0.2) is 30.3 Å². The van der Waals surface area contributed by atoms with E-state index in [0.29, 0.717) is 11.4 Å². The molecule has 2 aromatic rings. The summed E-state index contributed by atoms with van der Waals surface area (Å²) in [6.45, 7) is 0. The fourth-order valence-electron chi connectivity index (χ4n) is 1.81. The largest absolute Gasteiger partial charge is 0.481 e. The molecule has 0 saturated carbocycles. The minimum absolute atomic E-state index is 0.0404. The molecule has 0 spiro atoms. The van der Waals surface area contributed by atoms with E-state index in [4.69, 9.17) is 10.5 Å². The number of hydrogen-bond acceptors (Lipinski definition) is 3. The normalized spacial score (nSPS) is 12.9. The number of fused-ring (bicyclic) bond motifs is 1. The minimum Gasteiger partial charge on any atom is -0.481 e. The smallest absolute Gasteiger partial charge is 0.253 e. The van der Waals surface area contributed by atoms with Crippen LogP contribution in [-0.2, 0) is 6.42 Å². The van der Waals surface area contributed by atoms with Gasteiger partial charge in [-0.3, -0.25) is 0 Å². The number of pyridine rings is 1. The molecule has 1 atom stereocenters. The Hall–Kier alpha value is -1.75. The van der Waals surface area contributed by atoms with Gasteiger partial charge in [-0.25, -0.2) is 13.8 Å². The number of hydrogen-bond donors (Lipinski definition) is 1. The van der Waals surface area contributed by atoms with E-state index in [-0.39, 0.29) is 6.42 Å². The van der Waals surface area contributed by atoms with Gasteiger partial charge in [0.2, 0.25) is 5.88 Å². The van der Waals surface area contributed by atoms with Crippen LogP contribution in [-0.4, -0.2) is 24.6 Å². The lowest BCUT2D eigenvalue weighted by Gasteiger charge is -2.13. The second-order valence-corrected chi connectivity index (χ2v) is 4.05. The first-order valence-corrected chi connectivity index (χ1v) is 5.58. The maximum absolute atomic E-state index is 12.5. The maximum atomic E-state index is 12.5. The first-order valence-electron chi connectivity index (χ1n) is 5.58. The molecule has 0 bridgehead atoms. The number of para-hydroxylation sites is 1. The summed E-state index contributed by atoms with van der Waals surface area (Å²) in [4.78, 5) is 4.28. The fraction of sp³-hybridized carbons (Fsp3) is 0.308. The summed E-state index contributed by atoms with van der Waals surface area (Å²) in [6.07, 6.45) is -2.51. The number of halogens is 2. The Morgan fingerprint density at radius 1 is 1.33 bits per heavy atom. The Labute approximate surface area is 104 Å². The van der Waals surface area contributed by atoms with Crippen LogP contribution < -0.4 is 10.5 Å². The van der Waals surface area contributed by atoms with Crippen molar-refractivity contribution in [1.82, 2.24) is 4.98 Å². The predicted octanol–water partition coefficient (Wildman–Crippen LogP) is 2.38. The molecule has 1 heterocycles. The molecule has 0 fully saturated rings. The van der Waals surface area contributed by atoms with Crippen molar-refractivity contribution in [2.24, 2.45) is 5.73 Å². The van der Waals surface area contributed by atoms with Crippen LogP contribution in [0.5, 0.6) is 5.88 Å². The predicted molar refractivity (Wildman–Crippen MR) is 66.0 cm³/mol. The molecule has 1 aromatic carbocycles. The summed E-state index contributed by atoms with van der Waals surface area (Å²) in [7, 11) is 1.47. The molecule has 2 rings (SSSR count). The number of nitrogens with two attached hydrogens (primary N) is 1. The second-order valence-electron chi connectivity index (χ2n) is 4.05. The maximum Gasteiger partial charge on any atom is 0.253 e. The van der Waals surface area contributed by atoms with E-state index in [2.05, 4.69) is 4.98 Å². The third-order valence-corrected chi connectivity index (χ3v) is 2.74. The van der Waals surface area contributed by atoms with Crippen molar-refractivity contribution in [3.05, 3.63) is 35.9 Å². The van der Waals surface area contributed by atoms with E-state index in [1.807, 2.05) is 24.3 Å². The van der Waals surface area contributed by atoms with Gasteiger partial charge in [-0.1, -0.05) is 18.2 Å². The molecule has 0 aliphatic carbocycles. The van der Waals surface area contributed by atoms with Crippen molar-refractivity contribution in [1.29, 1.82) is 0 Å². The van der Waals surface area contributed by atoms with E-state index >= 15 is 0 Å². The molecule has 0 amide bonds. The van der Waals surface area contributed by atoms with Crippen molar-refractivity contribution in [2.75, 3.05) is 7.11 Å². The number of benzene rings is 1. The van der Waals surface area contributed by atoms with Crippen LogP contribution in [0.2, 0.25) is 0 Å². The summed E-state index contributed by atoms with van der Waals surface area (Å²) >= 11 is 0. The highest BCUT2D eigenvalue weighted by molar-refractivity contribution is 5.80. The molecule has 0 radical (unpaired) electrons. The van der Waals surface area contributed by atoms with E-state index in [1.54, 1.807) is 6.07 Å². The molecule has 0 saturated heterocycles. The van der Waals surface area contributed by atoms with Gasteiger partial charge < -0.3 is 10.5 Å². The van der Waals surface area contributed by atoms with Gasteiger partial charge >= 0.3 is 0 Å². The van der Waals surface area contributed by atoms with Gasteiger partial charge in [0.15, 0.2) is 0 Å². The number of methoxy groups -OCH3 is 1. The molecule has 0 aliphatic heterocycles. The van der Waals surface area contributed by atoms with Gasteiger partial charge in [-0.05, 0) is 18.6 Å².